The van der Waals surface area contributed by atoms with Gasteiger partial charge in [-0.25, -0.2) is 0 Å². The van der Waals surface area contributed by atoms with Crippen LogP contribution in [-0.2, 0) is 9.47 Å². The summed E-state index contributed by atoms with van der Waals surface area (Å²) in [7, 11) is 0. The summed E-state index contributed by atoms with van der Waals surface area (Å²) in [5.74, 6) is -0.107. The minimum Gasteiger partial charge on any atom is -0.461 e. The highest BCUT2D eigenvalue weighted by molar-refractivity contribution is 5.94. The van der Waals surface area contributed by atoms with Crippen LogP contribution in [0.3, 0.4) is 0 Å². The van der Waals surface area contributed by atoms with E-state index in [9.17, 15) is 19.8 Å². The van der Waals surface area contributed by atoms with Gasteiger partial charge in [0.1, 0.15) is 0 Å². The molecule has 2 aromatic heterocycles. The van der Waals surface area contributed by atoms with Crippen LogP contribution >= 0.6 is 0 Å². The number of hydrogen-bond acceptors (Lipinski definition) is 8. The van der Waals surface area contributed by atoms with E-state index >= 15 is 0 Å². The molecule has 0 unspecified atom stereocenters. The molecule has 0 spiro atoms. The number of carbonyl (C=O) groups is 2. The fourth-order valence-corrected chi connectivity index (χ4v) is 4.66. The molecule has 2 aliphatic rings. The number of fused-ring (bicyclic) bond motifs is 1. The summed E-state index contributed by atoms with van der Waals surface area (Å²) >= 11 is 0. The van der Waals surface area contributed by atoms with E-state index in [4.69, 9.17) is 18.3 Å². The molecule has 4 heterocycles. The lowest BCUT2D eigenvalue weighted by molar-refractivity contribution is -0.274. The predicted molar refractivity (Wildman–Crippen MR) is 112 cm³/mol. The summed E-state index contributed by atoms with van der Waals surface area (Å²) < 4.78 is 22.7. The first kappa shape index (κ1) is 22.9. The van der Waals surface area contributed by atoms with E-state index < -0.39 is 23.4 Å². The second kappa shape index (κ2) is 8.94. The predicted octanol–water partition coefficient (Wildman–Crippen LogP) is 3.32. The molecular formula is C24H30O8. The minimum atomic E-state index is -0.981. The summed E-state index contributed by atoms with van der Waals surface area (Å²) in [6.45, 7) is 3.63. The van der Waals surface area contributed by atoms with Gasteiger partial charge < -0.3 is 28.5 Å². The average Bonchev–Trinajstić information content (AvgIpc) is 3.48. The molecule has 2 saturated heterocycles. The number of ether oxygens (including phenoxy) is 2. The van der Waals surface area contributed by atoms with Crippen LogP contribution < -0.4 is 0 Å². The fraction of sp³-hybridized carbons (Fsp3) is 0.583. The Kier molecular flexibility index (Phi) is 6.40. The van der Waals surface area contributed by atoms with Crippen LogP contribution in [0.2, 0.25) is 0 Å². The highest BCUT2D eigenvalue weighted by Crippen LogP contribution is 2.43. The van der Waals surface area contributed by atoms with Gasteiger partial charge in [0.05, 0.1) is 48.1 Å². The Hall–Kier alpha value is -2.26. The van der Waals surface area contributed by atoms with Gasteiger partial charge in [0.2, 0.25) is 11.6 Å². The first-order chi connectivity index (χ1) is 15.2. The summed E-state index contributed by atoms with van der Waals surface area (Å²) in [4.78, 5) is 24.6. The highest BCUT2D eigenvalue weighted by atomic mass is 16.6. The Morgan fingerprint density at radius 2 is 1.28 bits per heavy atom. The lowest BCUT2D eigenvalue weighted by atomic mass is 9.79. The molecule has 4 rings (SSSR count). The minimum absolute atomic E-state index is 0.0897. The number of rotatable bonds is 8. The Labute approximate surface area is 186 Å². The lowest BCUT2D eigenvalue weighted by Crippen LogP contribution is -2.59. The number of hydrogen-bond donors (Lipinski definition) is 2. The maximum absolute atomic E-state index is 12.3. The number of carbonyl (C=O) groups excluding carboxylic acids is 2. The second-order valence-electron chi connectivity index (χ2n) is 9.26. The molecule has 2 aliphatic heterocycles. The largest absolute Gasteiger partial charge is 0.461 e. The third-order valence-corrected chi connectivity index (χ3v) is 6.87. The van der Waals surface area contributed by atoms with Crippen molar-refractivity contribution < 1.29 is 38.1 Å². The van der Waals surface area contributed by atoms with Gasteiger partial charge in [0.15, 0.2) is 11.5 Å². The average molecular weight is 446 g/mol. The molecule has 2 fully saturated rings. The van der Waals surface area contributed by atoms with Crippen molar-refractivity contribution in [1.82, 2.24) is 0 Å². The van der Waals surface area contributed by atoms with Gasteiger partial charge in [-0.1, -0.05) is 0 Å². The van der Waals surface area contributed by atoms with Crippen molar-refractivity contribution in [3.05, 3.63) is 48.3 Å². The Morgan fingerprint density at radius 1 is 0.875 bits per heavy atom. The number of aliphatic hydroxyl groups is 2. The SMILES string of the molecule is C[C@]1([C@@H](O)CC(=O)c2ccco2)CC[C@H]2O[C@](C)([C@H](O)CC(=O)c3ccco3)CC[C@@H]2O1. The van der Waals surface area contributed by atoms with Crippen LogP contribution in [0.4, 0.5) is 0 Å². The monoisotopic (exact) mass is 446 g/mol. The number of ketones is 2. The van der Waals surface area contributed by atoms with Crippen molar-refractivity contribution in [2.24, 2.45) is 0 Å². The molecule has 32 heavy (non-hydrogen) atoms. The maximum atomic E-state index is 12.3. The van der Waals surface area contributed by atoms with E-state index in [-0.39, 0.29) is 48.1 Å². The van der Waals surface area contributed by atoms with Crippen molar-refractivity contribution in [1.29, 1.82) is 0 Å². The molecule has 0 bridgehead atoms. The molecule has 8 heteroatoms. The molecule has 0 saturated carbocycles. The van der Waals surface area contributed by atoms with Crippen LogP contribution in [-0.4, -0.2) is 57.4 Å². The normalized spacial score (nSPS) is 32.1. The van der Waals surface area contributed by atoms with Crippen molar-refractivity contribution in [3.8, 4) is 0 Å². The molecule has 2 aromatic rings. The lowest BCUT2D eigenvalue weighted by Gasteiger charge is -2.51. The van der Waals surface area contributed by atoms with E-state index in [1.54, 1.807) is 24.3 Å². The maximum Gasteiger partial charge on any atom is 0.200 e. The van der Waals surface area contributed by atoms with Gasteiger partial charge in [-0.05, 0) is 63.8 Å². The zero-order chi connectivity index (χ0) is 22.9. The van der Waals surface area contributed by atoms with E-state index in [0.29, 0.717) is 25.7 Å². The smallest absolute Gasteiger partial charge is 0.200 e. The van der Waals surface area contributed by atoms with Crippen LogP contribution in [0.5, 0.6) is 0 Å². The molecule has 0 amide bonds. The van der Waals surface area contributed by atoms with Gasteiger partial charge in [-0.15, -0.1) is 0 Å². The van der Waals surface area contributed by atoms with Gasteiger partial charge in [-0.3, -0.25) is 9.59 Å². The van der Waals surface area contributed by atoms with Crippen LogP contribution in [0.25, 0.3) is 0 Å². The molecular weight excluding hydrogens is 416 g/mol. The summed E-state index contributed by atoms with van der Waals surface area (Å²) in [5.41, 5.74) is -1.76. The Morgan fingerprint density at radius 3 is 1.62 bits per heavy atom. The number of aliphatic hydroxyl groups excluding tert-OH is 2. The molecule has 0 aliphatic carbocycles. The molecule has 0 aromatic carbocycles. The molecule has 174 valence electrons. The van der Waals surface area contributed by atoms with Crippen LogP contribution in [0, 0.1) is 0 Å². The van der Waals surface area contributed by atoms with Crippen LogP contribution in [0.1, 0.15) is 73.5 Å². The highest BCUT2D eigenvalue weighted by Gasteiger charge is 2.50. The summed E-state index contributed by atoms with van der Waals surface area (Å²) in [6.07, 6.45) is 2.41. The van der Waals surface area contributed by atoms with Crippen molar-refractivity contribution in [2.45, 2.75) is 88.0 Å². The fourth-order valence-electron chi connectivity index (χ4n) is 4.66. The first-order valence-electron chi connectivity index (χ1n) is 11.1. The van der Waals surface area contributed by atoms with Gasteiger partial charge >= 0.3 is 0 Å². The number of Topliss-reactive ketones (excluding diaryl/α,β-unsaturated/α-hetero) is 2. The second-order valence-corrected chi connectivity index (χ2v) is 9.26. The van der Waals surface area contributed by atoms with Gasteiger partial charge in [0.25, 0.3) is 0 Å². The summed E-state index contributed by atoms with van der Waals surface area (Å²) in [6, 6.07) is 6.42. The van der Waals surface area contributed by atoms with Crippen molar-refractivity contribution in [3.63, 3.8) is 0 Å². The summed E-state index contributed by atoms with van der Waals surface area (Å²) in [5, 5.41) is 21.5. The standard InChI is InChI=1S/C24H30O8/c1-23(21(27)13-15(25)17-5-3-11-29-17)9-7-20-19(31-23)8-10-24(2,32-20)22(28)14-16(26)18-6-4-12-30-18/h3-6,11-12,19-22,27-28H,7-10,13-14H2,1-2H3/t19-,20+,21-,22+,23+,24-. The first-order valence-corrected chi connectivity index (χ1v) is 11.1. The third-order valence-electron chi connectivity index (χ3n) is 6.87. The Bertz CT molecular complexity index is 844. The van der Waals surface area contributed by atoms with E-state index in [2.05, 4.69) is 0 Å². The topological polar surface area (TPSA) is 119 Å². The Balaban J connectivity index is 1.34. The van der Waals surface area contributed by atoms with E-state index in [1.165, 1.54) is 12.5 Å². The van der Waals surface area contributed by atoms with Gasteiger partial charge in [-0.2, -0.15) is 0 Å². The van der Waals surface area contributed by atoms with Crippen molar-refractivity contribution in [2.75, 3.05) is 0 Å². The molecule has 6 atom stereocenters. The van der Waals surface area contributed by atoms with E-state index in [1.807, 2.05) is 13.8 Å². The molecule has 2 N–H and O–H groups in total. The molecule has 0 radical (unpaired) electrons. The van der Waals surface area contributed by atoms with Crippen LogP contribution in [0.15, 0.2) is 45.6 Å². The zero-order valence-corrected chi connectivity index (χ0v) is 18.4. The van der Waals surface area contributed by atoms with E-state index in [0.717, 1.165) is 0 Å². The molecule has 8 nitrogen and oxygen atoms in total. The van der Waals surface area contributed by atoms with Gasteiger partial charge in [0, 0.05) is 12.8 Å². The number of furan rings is 2. The zero-order valence-electron chi connectivity index (χ0n) is 18.4. The third kappa shape index (κ3) is 4.59. The quantitative estimate of drug-likeness (QED) is 0.593. The van der Waals surface area contributed by atoms with Crippen molar-refractivity contribution >= 4 is 11.6 Å².